The van der Waals surface area contributed by atoms with Gasteiger partial charge < -0.3 is 9.47 Å². The Labute approximate surface area is 120 Å². The lowest BCUT2D eigenvalue weighted by molar-refractivity contribution is -0.206. The van der Waals surface area contributed by atoms with Gasteiger partial charge in [0.15, 0.2) is 5.78 Å². The smallest absolute Gasteiger partial charge is 0.312 e. The Morgan fingerprint density at radius 2 is 2.15 bits per heavy atom. The van der Waals surface area contributed by atoms with Crippen LogP contribution in [-0.4, -0.2) is 30.1 Å². The van der Waals surface area contributed by atoms with Gasteiger partial charge in [0, 0.05) is 11.8 Å². The normalized spacial score (nSPS) is 42.9. The number of esters is 1. The maximum Gasteiger partial charge on any atom is 0.312 e. The molecule has 5 unspecified atom stereocenters. The summed E-state index contributed by atoms with van der Waals surface area (Å²) in [5, 5.41) is 0. The lowest BCUT2D eigenvalue weighted by Crippen LogP contribution is -2.57. The molecule has 0 spiro atoms. The number of ether oxygens (including phenoxy) is 2. The summed E-state index contributed by atoms with van der Waals surface area (Å²) in [6, 6.07) is 0. The van der Waals surface area contributed by atoms with E-state index in [1.165, 1.54) is 0 Å². The summed E-state index contributed by atoms with van der Waals surface area (Å²) >= 11 is 0. The highest BCUT2D eigenvalue weighted by atomic mass is 16.6. The van der Waals surface area contributed by atoms with Crippen molar-refractivity contribution < 1.29 is 19.1 Å². The minimum atomic E-state index is -0.550. The molecule has 20 heavy (non-hydrogen) atoms. The van der Waals surface area contributed by atoms with Crippen molar-refractivity contribution >= 4 is 11.8 Å². The number of carbonyl (C=O) groups excluding carboxylic acids is 2. The first-order chi connectivity index (χ1) is 9.29. The maximum atomic E-state index is 12.4. The molecule has 1 aliphatic heterocycles. The van der Waals surface area contributed by atoms with Gasteiger partial charge in [0.05, 0.1) is 5.41 Å². The molecule has 0 aromatic heterocycles. The van der Waals surface area contributed by atoms with Crippen molar-refractivity contribution in [1.29, 1.82) is 0 Å². The second kappa shape index (κ2) is 4.30. The first-order valence-corrected chi connectivity index (χ1v) is 7.67. The van der Waals surface area contributed by atoms with E-state index in [4.69, 9.17) is 9.47 Å². The van der Waals surface area contributed by atoms with Gasteiger partial charge in [0.1, 0.15) is 18.3 Å². The van der Waals surface area contributed by atoms with Crippen LogP contribution in [0.5, 0.6) is 0 Å². The fourth-order valence-corrected chi connectivity index (χ4v) is 4.09. The van der Waals surface area contributed by atoms with Crippen molar-refractivity contribution in [2.45, 2.75) is 58.7 Å². The number of Topliss-reactive ketones (excluding diaryl/α,β-unsaturated/α-hetero) is 1. The molecule has 3 rings (SSSR count). The zero-order valence-electron chi connectivity index (χ0n) is 12.8. The van der Waals surface area contributed by atoms with Crippen molar-refractivity contribution in [1.82, 2.24) is 0 Å². The van der Waals surface area contributed by atoms with Crippen LogP contribution in [0.1, 0.15) is 47.0 Å². The molecule has 0 aromatic rings. The van der Waals surface area contributed by atoms with E-state index in [0.29, 0.717) is 0 Å². The van der Waals surface area contributed by atoms with E-state index in [-0.39, 0.29) is 42.2 Å². The van der Waals surface area contributed by atoms with E-state index >= 15 is 0 Å². The van der Waals surface area contributed by atoms with E-state index in [1.54, 1.807) is 0 Å². The highest BCUT2D eigenvalue weighted by Crippen LogP contribution is 2.58. The topological polar surface area (TPSA) is 52.6 Å². The lowest BCUT2D eigenvalue weighted by Gasteiger charge is -2.46. The predicted octanol–water partition coefficient (Wildman–Crippen LogP) is 2.35. The Morgan fingerprint density at radius 1 is 1.45 bits per heavy atom. The van der Waals surface area contributed by atoms with E-state index in [9.17, 15) is 9.59 Å². The van der Waals surface area contributed by atoms with Gasteiger partial charge in [-0.05, 0) is 46.0 Å². The first-order valence-electron chi connectivity index (χ1n) is 7.67. The number of hydrogen-bond acceptors (Lipinski definition) is 4. The molecular weight excluding hydrogens is 256 g/mol. The molecule has 5 atom stereocenters. The number of hydrogen-bond donors (Lipinski definition) is 0. The molecule has 4 heteroatoms. The van der Waals surface area contributed by atoms with Gasteiger partial charge in [0.25, 0.3) is 0 Å². The standard InChI is InChI=1S/C16H24O4/c1-5-15(2,3)14(18)20-16(4)9-6-10-11(7-9)13(16)19-8-12(10)17/h9-11,13H,5-8H2,1-4H3. The molecule has 2 aliphatic carbocycles. The van der Waals surface area contributed by atoms with Crippen LogP contribution in [0.2, 0.25) is 0 Å². The van der Waals surface area contributed by atoms with E-state index in [2.05, 4.69) is 0 Å². The van der Waals surface area contributed by atoms with Crippen molar-refractivity contribution in [2.24, 2.45) is 23.2 Å². The monoisotopic (exact) mass is 280 g/mol. The van der Waals surface area contributed by atoms with Crippen LogP contribution in [0.15, 0.2) is 0 Å². The Morgan fingerprint density at radius 3 is 2.80 bits per heavy atom. The van der Waals surface area contributed by atoms with E-state index in [1.807, 2.05) is 27.7 Å². The number of fused-ring (bicyclic) bond motifs is 1. The molecule has 1 saturated heterocycles. The summed E-state index contributed by atoms with van der Waals surface area (Å²) in [6.07, 6.45) is 2.47. The molecule has 4 nitrogen and oxygen atoms in total. The number of carbonyl (C=O) groups is 2. The largest absolute Gasteiger partial charge is 0.456 e. The molecule has 0 N–H and O–H groups in total. The second-order valence-corrected chi connectivity index (χ2v) is 7.45. The molecule has 2 saturated carbocycles. The van der Waals surface area contributed by atoms with Crippen molar-refractivity contribution in [3.8, 4) is 0 Å². The number of ketones is 1. The van der Waals surface area contributed by atoms with Crippen LogP contribution < -0.4 is 0 Å². The van der Waals surface area contributed by atoms with Gasteiger partial charge in [-0.15, -0.1) is 0 Å². The Kier molecular flexibility index (Phi) is 3.02. The van der Waals surface area contributed by atoms with Gasteiger partial charge >= 0.3 is 5.97 Å². The third-order valence-corrected chi connectivity index (χ3v) is 5.94. The van der Waals surface area contributed by atoms with Crippen LogP contribution in [0.25, 0.3) is 0 Å². The molecule has 112 valence electrons. The summed E-state index contributed by atoms with van der Waals surface area (Å²) in [5.74, 6) is 0.750. The average Bonchev–Trinajstić information content (AvgIpc) is 2.94. The van der Waals surface area contributed by atoms with Crippen LogP contribution in [0, 0.1) is 23.2 Å². The molecular formula is C16H24O4. The van der Waals surface area contributed by atoms with Gasteiger partial charge in [-0.25, -0.2) is 0 Å². The zero-order valence-corrected chi connectivity index (χ0v) is 12.8. The molecule has 3 fully saturated rings. The quantitative estimate of drug-likeness (QED) is 0.745. The molecule has 3 aliphatic rings. The minimum absolute atomic E-state index is 0.0967. The van der Waals surface area contributed by atoms with Crippen LogP contribution in [0.4, 0.5) is 0 Å². The summed E-state index contributed by atoms with van der Waals surface area (Å²) in [5.41, 5.74) is -1.01. The Balaban J connectivity index is 1.81. The fraction of sp³-hybridized carbons (Fsp3) is 0.875. The second-order valence-electron chi connectivity index (χ2n) is 7.45. The summed E-state index contributed by atoms with van der Waals surface area (Å²) < 4.78 is 11.7. The molecule has 0 aromatic carbocycles. The minimum Gasteiger partial charge on any atom is -0.456 e. The third kappa shape index (κ3) is 1.77. The van der Waals surface area contributed by atoms with Crippen molar-refractivity contribution in [3.63, 3.8) is 0 Å². The van der Waals surface area contributed by atoms with Crippen LogP contribution >= 0.6 is 0 Å². The number of rotatable bonds is 3. The zero-order chi connectivity index (χ0) is 14.7. The Bertz CT molecular complexity index is 455. The summed E-state index contributed by atoms with van der Waals surface area (Å²) in [4.78, 5) is 24.3. The van der Waals surface area contributed by atoms with Gasteiger partial charge in [0.2, 0.25) is 0 Å². The van der Waals surface area contributed by atoms with Crippen LogP contribution in [-0.2, 0) is 19.1 Å². The van der Waals surface area contributed by atoms with Crippen molar-refractivity contribution in [3.05, 3.63) is 0 Å². The van der Waals surface area contributed by atoms with Gasteiger partial charge in [-0.3, -0.25) is 9.59 Å². The highest BCUT2D eigenvalue weighted by Gasteiger charge is 2.65. The molecule has 2 bridgehead atoms. The molecule has 0 radical (unpaired) electrons. The molecule has 1 heterocycles. The van der Waals surface area contributed by atoms with Crippen LogP contribution in [0.3, 0.4) is 0 Å². The Hall–Kier alpha value is -0.900. The van der Waals surface area contributed by atoms with Gasteiger partial charge in [-0.1, -0.05) is 6.92 Å². The SMILES string of the molecule is CCC(C)(C)C(=O)OC1(C)C2CC3C(=O)COC1C3C2. The van der Waals surface area contributed by atoms with E-state index in [0.717, 1.165) is 19.3 Å². The van der Waals surface area contributed by atoms with Crippen molar-refractivity contribution in [2.75, 3.05) is 6.61 Å². The lowest BCUT2D eigenvalue weighted by atomic mass is 9.74. The average molecular weight is 280 g/mol. The third-order valence-electron chi connectivity index (χ3n) is 5.94. The van der Waals surface area contributed by atoms with Gasteiger partial charge in [-0.2, -0.15) is 0 Å². The summed E-state index contributed by atoms with van der Waals surface area (Å²) in [6.45, 7) is 8.01. The summed E-state index contributed by atoms with van der Waals surface area (Å²) in [7, 11) is 0. The fourth-order valence-electron chi connectivity index (χ4n) is 4.09. The van der Waals surface area contributed by atoms with E-state index < -0.39 is 11.0 Å². The molecule has 0 amide bonds. The predicted molar refractivity (Wildman–Crippen MR) is 73.0 cm³/mol. The first kappa shape index (κ1) is 14.1. The highest BCUT2D eigenvalue weighted by molar-refractivity contribution is 5.84. The maximum absolute atomic E-state index is 12.4.